The topological polar surface area (TPSA) is 50.8 Å². The molecule has 1 aliphatic rings. The molecule has 170 valence electrons. The first-order valence-corrected chi connectivity index (χ1v) is 12.1. The summed E-state index contributed by atoms with van der Waals surface area (Å²) in [6, 6.07) is 38.9. The zero-order valence-electron chi connectivity index (χ0n) is 19.9. The molecule has 0 fully saturated rings. The molecule has 0 unspecified atom stereocenters. The van der Waals surface area contributed by atoms with Crippen molar-refractivity contribution < 1.29 is 0 Å². The summed E-state index contributed by atoms with van der Waals surface area (Å²) < 4.78 is 0. The second-order valence-corrected chi connectivity index (χ2v) is 9.18. The summed E-state index contributed by atoms with van der Waals surface area (Å²) in [5.41, 5.74) is 9.00. The van der Waals surface area contributed by atoms with Gasteiger partial charge >= 0.3 is 0 Å². The van der Waals surface area contributed by atoms with E-state index >= 15 is 0 Å². The molecule has 0 aromatic heterocycles. The van der Waals surface area contributed by atoms with Crippen molar-refractivity contribution in [3.05, 3.63) is 114 Å². The first-order chi connectivity index (χ1) is 17.2. The number of aryl methyl sites for hydroxylation is 1. The van der Waals surface area contributed by atoms with Gasteiger partial charge in [-0.2, -0.15) is 10.5 Å². The molecule has 0 aliphatic heterocycles. The fourth-order valence-corrected chi connectivity index (χ4v) is 5.58. The lowest BCUT2D eigenvalue weighted by molar-refractivity contribution is 0.458. The third-order valence-corrected chi connectivity index (χ3v) is 7.11. The highest BCUT2D eigenvalue weighted by atomic mass is 15.1. The van der Waals surface area contributed by atoms with E-state index in [4.69, 9.17) is 0 Å². The molecule has 0 atom stereocenters. The second kappa shape index (κ2) is 9.49. The molecule has 3 heteroatoms. The lowest BCUT2D eigenvalue weighted by Gasteiger charge is -2.32. The molecule has 0 saturated heterocycles. The monoisotopic (exact) mass is 453 g/mol. The minimum absolute atomic E-state index is 0.345. The molecule has 35 heavy (non-hydrogen) atoms. The Morgan fingerprint density at radius 3 is 1.97 bits per heavy atom. The molecule has 0 radical (unpaired) electrons. The summed E-state index contributed by atoms with van der Waals surface area (Å²) in [5.74, 6) is 0. The van der Waals surface area contributed by atoms with Gasteiger partial charge in [0.05, 0.1) is 12.1 Å². The summed E-state index contributed by atoms with van der Waals surface area (Å²) in [6.45, 7) is 2.11. The van der Waals surface area contributed by atoms with Gasteiger partial charge in [-0.25, -0.2) is 0 Å². The predicted molar refractivity (Wildman–Crippen MR) is 142 cm³/mol. The zero-order chi connectivity index (χ0) is 24.3. The minimum atomic E-state index is -0.345. The van der Waals surface area contributed by atoms with E-state index in [1.54, 1.807) is 0 Å². The maximum atomic E-state index is 9.51. The maximum absolute atomic E-state index is 9.51. The normalized spacial score (nSPS) is 12.8. The lowest BCUT2D eigenvalue weighted by Crippen LogP contribution is -2.25. The average molecular weight is 454 g/mol. The van der Waals surface area contributed by atoms with E-state index < -0.39 is 0 Å². The molecule has 0 heterocycles. The van der Waals surface area contributed by atoms with Crippen molar-refractivity contribution in [1.29, 1.82) is 10.5 Å². The van der Waals surface area contributed by atoms with Crippen molar-refractivity contribution in [3.63, 3.8) is 0 Å². The van der Waals surface area contributed by atoms with Crippen LogP contribution in [0, 0.1) is 29.6 Å². The summed E-state index contributed by atoms with van der Waals surface area (Å²) in [6.07, 6.45) is 2.30. The number of nitrogens with zero attached hydrogens (tertiary/aromatic N) is 3. The van der Waals surface area contributed by atoms with Crippen LogP contribution < -0.4 is 4.90 Å². The van der Waals surface area contributed by atoms with Gasteiger partial charge in [0, 0.05) is 35.3 Å². The molecule has 4 aromatic rings. The van der Waals surface area contributed by atoms with Gasteiger partial charge in [0.1, 0.15) is 0 Å². The Kier molecular flexibility index (Phi) is 6.09. The fourth-order valence-electron chi connectivity index (χ4n) is 5.58. The van der Waals surface area contributed by atoms with E-state index in [9.17, 15) is 10.5 Å². The number of anilines is 3. The van der Waals surface area contributed by atoms with Crippen LogP contribution in [0.5, 0.6) is 0 Å². The quantitative estimate of drug-likeness (QED) is 0.282. The fraction of sp³-hybridized carbons (Fsp3) is 0.188. The molecular formula is C32H27N3. The number of rotatable bonds is 7. The van der Waals surface area contributed by atoms with Crippen LogP contribution in [-0.2, 0) is 5.41 Å². The number of nitriles is 2. The van der Waals surface area contributed by atoms with Crippen LogP contribution >= 0.6 is 0 Å². The Morgan fingerprint density at radius 2 is 1.26 bits per heavy atom. The number of fused-ring (bicyclic) bond motifs is 3. The van der Waals surface area contributed by atoms with E-state index in [1.807, 2.05) is 6.07 Å². The Morgan fingerprint density at radius 1 is 0.629 bits per heavy atom. The smallest absolute Gasteiger partial charge is 0.0622 e. The van der Waals surface area contributed by atoms with Gasteiger partial charge in [0.2, 0.25) is 0 Å². The molecule has 0 N–H and O–H groups in total. The third-order valence-electron chi connectivity index (χ3n) is 7.11. The standard InChI is InChI=1S/C32H27N3/c1-24-10-7-13-26(22-24)35(25-11-3-2-4-12-25)27-16-17-29-28-14-5-6-15-30(28)32(18-8-20-33,19-9-21-34)31(29)23-27/h2-7,10-17,22-23H,8-9,18-19H2,1H3. The van der Waals surface area contributed by atoms with Crippen molar-refractivity contribution in [2.24, 2.45) is 0 Å². The minimum Gasteiger partial charge on any atom is -0.310 e. The summed E-state index contributed by atoms with van der Waals surface area (Å²) in [7, 11) is 0. The highest BCUT2D eigenvalue weighted by molar-refractivity contribution is 5.85. The highest BCUT2D eigenvalue weighted by Gasteiger charge is 2.42. The van der Waals surface area contributed by atoms with Crippen LogP contribution in [-0.4, -0.2) is 0 Å². The predicted octanol–water partition coefficient (Wildman–Crippen LogP) is 8.34. The second-order valence-electron chi connectivity index (χ2n) is 9.18. The summed E-state index contributed by atoms with van der Waals surface area (Å²) >= 11 is 0. The average Bonchev–Trinajstić information content (AvgIpc) is 3.16. The van der Waals surface area contributed by atoms with E-state index in [0.29, 0.717) is 25.7 Å². The number of hydrogen-bond acceptors (Lipinski definition) is 3. The van der Waals surface area contributed by atoms with Crippen LogP contribution in [0.1, 0.15) is 42.4 Å². The molecule has 3 nitrogen and oxygen atoms in total. The molecule has 0 saturated carbocycles. The van der Waals surface area contributed by atoms with Crippen molar-refractivity contribution in [2.75, 3.05) is 4.90 Å². The Hall–Kier alpha value is -4.34. The number of para-hydroxylation sites is 1. The molecule has 5 rings (SSSR count). The molecule has 0 bridgehead atoms. The van der Waals surface area contributed by atoms with Gasteiger partial charge in [-0.15, -0.1) is 0 Å². The Labute approximate surface area is 207 Å². The first kappa shape index (κ1) is 22.5. The number of hydrogen-bond donors (Lipinski definition) is 0. The highest BCUT2D eigenvalue weighted by Crippen LogP contribution is 2.55. The van der Waals surface area contributed by atoms with Crippen molar-refractivity contribution in [1.82, 2.24) is 0 Å². The van der Waals surface area contributed by atoms with Gasteiger partial charge in [0.15, 0.2) is 0 Å². The molecular weight excluding hydrogens is 426 g/mol. The van der Waals surface area contributed by atoms with Crippen LogP contribution in [0.3, 0.4) is 0 Å². The molecule has 0 amide bonds. The van der Waals surface area contributed by atoms with Crippen molar-refractivity contribution in [3.8, 4) is 23.3 Å². The Balaban J connectivity index is 1.73. The van der Waals surface area contributed by atoms with Gasteiger partial charge in [-0.05, 0) is 84.0 Å². The van der Waals surface area contributed by atoms with Gasteiger partial charge in [0.25, 0.3) is 0 Å². The molecule has 4 aromatic carbocycles. The number of benzene rings is 4. The van der Waals surface area contributed by atoms with E-state index in [1.165, 1.54) is 27.8 Å². The van der Waals surface area contributed by atoms with Gasteiger partial charge in [-0.1, -0.05) is 60.7 Å². The van der Waals surface area contributed by atoms with E-state index in [2.05, 4.69) is 115 Å². The SMILES string of the molecule is Cc1cccc(N(c2ccccc2)c2ccc3c(c2)C(CCC#N)(CCC#N)c2ccccc2-3)c1. The van der Waals surface area contributed by atoms with Crippen LogP contribution in [0.2, 0.25) is 0 Å². The third kappa shape index (κ3) is 3.96. The van der Waals surface area contributed by atoms with Crippen molar-refractivity contribution >= 4 is 17.1 Å². The van der Waals surface area contributed by atoms with E-state index in [0.717, 1.165) is 17.1 Å². The zero-order valence-corrected chi connectivity index (χ0v) is 19.9. The lowest BCUT2D eigenvalue weighted by atomic mass is 9.71. The molecule has 1 aliphatic carbocycles. The van der Waals surface area contributed by atoms with E-state index in [-0.39, 0.29) is 5.41 Å². The summed E-state index contributed by atoms with van der Waals surface area (Å²) in [4.78, 5) is 2.29. The first-order valence-electron chi connectivity index (χ1n) is 12.1. The van der Waals surface area contributed by atoms with Crippen LogP contribution in [0.4, 0.5) is 17.1 Å². The van der Waals surface area contributed by atoms with Crippen LogP contribution in [0.15, 0.2) is 97.1 Å². The van der Waals surface area contributed by atoms with Gasteiger partial charge in [-0.3, -0.25) is 0 Å². The van der Waals surface area contributed by atoms with Gasteiger partial charge < -0.3 is 4.90 Å². The van der Waals surface area contributed by atoms with Crippen LogP contribution in [0.25, 0.3) is 11.1 Å². The molecule has 0 spiro atoms. The Bertz CT molecular complexity index is 1420. The maximum Gasteiger partial charge on any atom is 0.0622 e. The largest absolute Gasteiger partial charge is 0.310 e. The van der Waals surface area contributed by atoms with Crippen molar-refractivity contribution in [2.45, 2.75) is 38.0 Å². The summed E-state index contributed by atoms with van der Waals surface area (Å²) in [5, 5.41) is 19.0.